The van der Waals surface area contributed by atoms with E-state index in [-0.39, 0.29) is 29.5 Å². The first-order valence-electron chi connectivity index (χ1n) is 9.07. The third-order valence-corrected chi connectivity index (χ3v) is 4.60. The number of rotatable bonds is 5. The number of halogens is 1. The Kier molecular flexibility index (Phi) is 4.96. The summed E-state index contributed by atoms with van der Waals surface area (Å²) in [5.74, 6) is -0.1000. The molecular weight excluding hydrogens is 371 g/mol. The highest BCUT2D eigenvalue weighted by molar-refractivity contribution is 6.15. The Labute approximate surface area is 167 Å². The van der Waals surface area contributed by atoms with E-state index in [0.717, 1.165) is 0 Å². The van der Waals surface area contributed by atoms with Crippen molar-refractivity contribution in [2.75, 3.05) is 6.61 Å². The Hall–Kier alpha value is -3.73. The number of ether oxygens (including phenoxy) is 2. The van der Waals surface area contributed by atoms with Gasteiger partial charge in [0.1, 0.15) is 17.3 Å². The zero-order chi connectivity index (χ0) is 20.4. The van der Waals surface area contributed by atoms with Gasteiger partial charge in [-0.15, -0.1) is 0 Å². The van der Waals surface area contributed by atoms with Crippen molar-refractivity contribution < 1.29 is 23.5 Å². The van der Waals surface area contributed by atoms with Gasteiger partial charge >= 0.3 is 0 Å². The van der Waals surface area contributed by atoms with E-state index >= 15 is 0 Å². The van der Waals surface area contributed by atoms with Crippen LogP contribution in [0.5, 0.6) is 11.5 Å². The molecule has 0 bridgehead atoms. The van der Waals surface area contributed by atoms with Crippen LogP contribution in [0.15, 0.2) is 72.5 Å². The third kappa shape index (κ3) is 3.80. The predicted octanol–water partition coefficient (Wildman–Crippen LogP) is 5.01. The van der Waals surface area contributed by atoms with Gasteiger partial charge in [-0.05, 0) is 30.7 Å². The van der Waals surface area contributed by atoms with E-state index in [4.69, 9.17) is 9.47 Å². The lowest BCUT2D eigenvalue weighted by molar-refractivity contribution is 0.0920. The van der Waals surface area contributed by atoms with Gasteiger partial charge in [-0.25, -0.2) is 4.39 Å². The standard InChI is InChI=1S/C24H17FO4/c1-15-11-18(28-14-20(26)16-7-3-2-4-8-16)13-21-23(15)24(27)22(29-21)12-17-9-5-6-10-19(17)25/h2-13H,14H2,1H3/b22-12-. The Morgan fingerprint density at radius 2 is 1.79 bits per heavy atom. The number of carbonyl (C=O) groups is 2. The predicted molar refractivity (Wildman–Crippen MR) is 107 cm³/mol. The van der Waals surface area contributed by atoms with Crippen LogP contribution in [0.1, 0.15) is 31.8 Å². The van der Waals surface area contributed by atoms with Crippen LogP contribution < -0.4 is 9.47 Å². The third-order valence-electron chi connectivity index (χ3n) is 4.60. The van der Waals surface area contributed by atoms with Gasteiger partial charge in [-0.1, -0.05) is 48.5 Å². The zero-order valence-electron chi connectivity index (χ0n) is 15.6. The maximum atomic E-state index is 13.9. The van der Waals surface area contributed by atoms with Gasteiger partial charge in [-0.3, -0.25) is 9.59 Å². The van der Waals surface area contributed by atoms with Gasteiger partial charge in [0, 0.05) is 17.2 Å². The zero-order valence-corrected chi connectivity index (χ0v) is 15.6. The van der Waals surface area contributed by atoms with Crippen molar-refractivity contribution in [1.29, 1.82) is 0 Å². The fraction of sp³-hybridized carbons (Fsp3) is 0.0833. The monoisotopic (exact) mass is 388 g/mol. The molecule has 5 heteroatoms. The maximum absolute atomic E-state index is 13.9. The summed E-state index contributed by atoms with van der Waals surface area (Å²) in [6.45, 7) is 1.63. The number of ketones is 2. The van der Waals surface area contributed by atoms with Crippen molar-refractivity contribution in [3.63, 3.8) is 0 Å². The molecule has 1 aliphatic heterocycles. The van der Waals surface area contributed by atoms with Crippen LogP contribution in [0.4, 0.5) is 4.39 Å². The molecule has 144 valence electrons. The number of aryl methyl sites for hydroxylation is 1. The first-order valence-corrected chi connectivity index (χ1v) is 9.07. The largest absolute Gasteiger partial charge is 0.485 e. The van der Waals surface area contributed by atoms with Gasteiger partial charge in [0.05, 0.1) is 5.56 Å². The number of hydrogen-bond donors (Lipinski definition) is 0. The average Bonchev–Trinajstić information content (AvgIpc) is 3.04. The minimum Gasteiger partial charge on any atom is -0.485 e. The van der Waals surface area contributed by atoms with Gasteiger partial charge in [0.25, 0.3) is 0 Å². The lowest BCUT2D eigenvalue weighted by Crippen LogP contribution is -2.11. The lowest BCUT2D eigenvalue weighted by Gasteiger charge is -2.08. The summed E-state index contributed by atoms with van der Waals surface area (Å²) in [7, 11) is 0. The number of carbonyl (C=O) groups excluding carboxylic acids is 2. The smallest absolute Gasteiger partial charge is 0.232 e. The van der Waals surface area contributed by atoms with E-state index in [2.05, 4.69) is 0 Å². The fourth-order valence-electron chi connectivity index (χ4n) is 3.15. The summed E-state index contributed by atoms with van der Waals surface area (Å²) in [5, 5.41) is 0. The minimum absolute atomic E-state index is 0.0470. The molecule has 0 saturated heterocycles. The first-order chi connectivity index (χ1) is 14.0. The van der Waals surface area contributed by atoms with Crippen LogP contribution in [0.2, 0.25) is 0 Å². The number of hydrogen-bond acceptors (Lipinski definition) is 4. The fourth-order valence-corrected chi connectivity index (χ4v) is 3.15. The van der Waals surface area contributed by atoms with E-state index in [0.29, 0.717) is 28.2 Å². The quantitative estimate of drug-likeness (QED) is 0.455. The van der Waals surface area contributed by atoms with E-state index < -0.39 is 5.82 Å². The number of Topliss-reactive ketones (excluding diaryl/α,β-unsaturated/α-hetero) is 2. The molecular formula is C24H17FO4. The molecule has 0 radical (unpaired) electrons. The molecule has 0 amide bonds. The summed E-state index contributed by atoms with van der Waals surface area (Å²) in [6, 6.07) is 18.3. The molecule has 0 unspecified atom stereocenters. The second-order valence-corrected chi connectivity index (χ2v) is 6.65. The molecule has 3 aromatic carbocycles. The molecule has 1 aliphatic rings. The van der Waals surface area contributed by atoms with E-state index in [1.807, 2.05) is 6.07 Å². The molecule has 4 rings (SSSR count). The van der Waals surface area contributed by atoms with E-state index in [9.17, 15) is 14.0 Å². The van der Waals surface area contributed by atoms with Crippen molar-refractivity contribution in [3.8, 4) is 11.5 Å². The minimum atomic E-state index is -0.437. The van der Waals surface area contributed by atoms with Gasteiger partial charge in [0.2, 0.25) is 5.78 Å². The van der Waals surface area contributed by atoms with E-state index in [1.165, 1.54) is 12.1 Å². The summed E-state index contributed by atoms with van der Waals surface area (Å²) in [5.41, 5.74) is 1.90. The second kappa shape index (κ2) is 7.72. The second-order valence-electron chi connectivity index (χ2n) is 6.65. The van der Waals surface area contributed by atoms with Crippen molar-refractivity contribution in [3.05, 3.63) is 101 Å². The van der Waals surface area contributed by atoms with Crippen LogP contribution >= 0.6 is 0 Å². The van der Waals surface area contributed by atoms with Gasteiger partial charge in [-0.2, -0.15) is 0 Å². The number of fused-ring (bicyclic) bond motifs is 1. The van der Waals surface area contributed by atoms with Gasteiger partial charge in [0.15, 0.2) is 18.1 Å². The highest BCUT2D eigenvalue weighted by atomic mass is 19.1. The van der Waals surface area contributed by atoms with Crippen molar-refractivity contribution in [2.24, 2.45) is 0 Å². The summed E-state index contributed by atoms with van der Waals surface area (Å²) in [4.78, 5) is 24.9. The number of allylic oxidation sites excluding steroid dienone is 1. The topological polar surface area (TPSA) is 52.6 Å². The summed E-state index contributed by atoms with van der Waals surface area (Å²) < 4.78 is 25.2. The maximum Gasteiger partial charge on any atom is 0.232 e. The van der Waals surface area contributed by atoms with Crippen LogP contribution in [-0.4, -0.2) is 18.2 Å². The molecule has 3 aromatic rings. The molecule has 0 aliphatic carbocycles. The van der Waals surface area contributed by atoms with Crippen LogP contribution in [0.25, 0.3) is 6.08 Å². The van der Waals surface area contributed by atoms with E-state index in [1.54, 1.807) is 61.5 Å². The van der Waals surface area contributed by atoms with Crippen molar-refractivity contribution in [2.45, 2.75) is 6.92 Å². The molecule has 0 saturated carbocycles. The Balaban J connectivity index is 1.55. The average molecular weight is 388 g/mol. The van der Waals surface area contributed by atoms with Crippen LogP contribution in [0, 0.1) is 12.7 Å². The molecule has 4 nitrogen and oxygen atoms in total. The molecule has 0 atom stereocenters. The van der Waals surface area contributed by atoms with Crippen LogP contribution in [0.3, 0.4) is 0 Å². The highest BCUT2D eigenvalue weighted by Crippen LogP contribution is 2.37. The van der Waals surface area contributed by atoms with Crippen LogP contribution in [-0.2, 0) is 0 Å². The SMILES string of the molecule is Cc1cc(OCC(=O)c2ccccc2)cc2c1C(=O)/C(=C/c1ccccc1F)O2. The molecule has 29 heavy (non-hydrogen) atoms. The lowest BCUT2D eigenvalue weighted by atomic mass is 10.0. The Morgan fingerprint density at radius 3 is 2.55 bits per heavy atom. The Bertz CT molecular complexity index is 1130. The molecule has 0 fully saturated rings. The molecule has 0 spiro atoms. The Morgan fingerprint density at radius 1 is 1.07 bits per heavy atom. The van der Waals surface area contributed by atoms with Crippen molar-refractivity contribution in [1.82, 2.24) is 0 Å². The van der Waals surface area contributed by atoms with Crippen molar-refractivity contribution >= 4 is 17.6 Å². The first kappa shape index (κ1) is 18.6. The normalized spacial score (nSPS) is 13.9. The van der Waals surface area contributed by atoms with Gasteiger partial charge < -0.3 is 9.47 Å². The highest BCUT2D eigenvalue weighted by Gasteiger charge is 2.30. The molecule has 0 aromatic heterocycles. The molecule has 0 N–H and O–H groups in total. The summed E-state index contributed by atoms with van der Waals surface area (Å²) in [6.07, 6.45) is 1.39. The molecule has 1 heterocycles. The number of benzene rings is 3. The summed E-state index contributed by atoms with van der Waals surface area (Å²) >= 11 is 0.